The van der Waals surface area contributed by atoms with Gasteiger partial charge in [0.2, 0.25) is 0 Å². The van der Waals surface area contributed by atoms with E-state index >= 15 is 0 Å². The van der Waals surface area contributed by atoms with E-state index < -0.39 is 0 Å². The average molecular weight is 268 g/mol. The molecule has 0 aliphatic heterocycles. The van der Waals surface area contributed by atoms with Gasteiger partial charge >= 0.3 is 0 Å². The Kier molecular flexibility index (Phi) is 8.72. The molecule has 3 atom stereocenters. The molecule has 0 amide bonds. The first-order valence-corrected chi connectivity index (χ1v) is 8.57. The van der Waals surface area contributed by atoms with Gasteiger partial charge in [-0.05, 0) is 65.1 Å². The largest absolute Gasteiger partial charge is 0.314 e. The lowest BCUT2D eigenvalue weighted by Gasteiger charge is -2.34. The highest BCUT2D eigenvalue weighted by molar-refractivity contribution is 4.77. The predicted octanol–water partition coefficient (Wildman–Crippen LogP) is 4.06. The molecule has 1 fully saturated rings. The van der Waals surface area contributed by atoms with Gasteiger partial charge in [0, 0.05) is 12.1 Å². The minimum atomic E-state index is 0.694. The zero-order chi connectivity index (χ0) is 14.1. The van der Waals surface area contributed by atoms with Gasteiger partial charge in [0.1, 0.15) is 0 Å². The predicted molar refractivity (Wildman–Crippen MR) is 85.7 cm³/mol. The maximum Gasteiger partial charge on any atom is 0.00947 e. The zero-order valence-corrected chi connectivity index (χ0v) is 13.8. The standard InChI is InChI=1S/C17H36N2/c1-5-12-18-16(3)10-6-7-13-19(4)17-11-8-9-15(2)14-17/h15-18H,5-14H2,1-4H3. The van der Waals surface area contributed by atoms with Crippen LogP contribution >= 0.6 is 0 Å². The highest BCUT2D eigenvalue weighted by atomic mass is 15.1. The van der Waals surface area contributed by atoms with Gasteiger partial charge in [-0.25, -0.2) is 0 Å². The van der Waals surface area contributed by atoms with Crippen molar-refractivity contribution in [1.29, 1.82) is 0 Å². The highest BCUT2D eigenvalue weighted by Crippen LogP contribution is 2.26. The number of hydrogen-bond donors (Lipinski definition) is 1. The molecule has 0 saturated heterocycles. The second-order valence-corrected chi connectivity index (χ2v) is 6.76. The Bertz CT molecular complexity index is 217. The number of hydrogen-bond acceptors (Lipinski definition) is 2. The van der Waals surface area contributed by atoms with Crippen LogP contribution in [0.25, 0.3) is 0 Å². The first-order chi connectivity index (χ1) is 9.13. The van der Waals surface area contributed by atoms with Crippen molar-refractivity contribution in [3.05, 3.63) is 0 Å². The fourth-order valence-electron chi connectivity index (χ4n) is 3.29. The van der Waals surface area contributed by atoms with Crippen molar-refractivity contribution in [2.24, 2.45) is 5.92 Å². The Morgan fingerprint density at radius 2 is 2.05 bits per heavy atom. The van der Waals surface area contributed by atoms with Gasteiger partial charge in [-0.1, -0.05) is 33.1 Å². The third-order valence-corrected chi connectivity index (χ3v) is 4.67. The minimum absolute atomic E-state index is 0.694. The molecule has 0 aromatic carbocycles. The topological polar surface area (TPSA) is 15.3 Å². The molecule has 0 spiro atoms. The number of nitrogens with zero attached hydrogens (tertiary/aromatic N) is 1. The van der Waals surface area contributed by atoms with Crippen molar-refractivity contribution >= 4 is 0 Å². The molecule has 114 valence electrons. The summed E-state index contributed by atoms with van der Waals surface area (Å²) >= 11 is 0. The van der Waals surface area contributed by atoms with Crippen LogP contribution in [0.1, 0.15) is 72.1 Å². The van der Waals surface area contributed by atoms with E-state index in [1.54, 1.807) is 0 Å². The fraction of sp³-hybridized carbons (Fsp3) is 1.00. The lowest BCUT2D eigenvalue weighted by atomic mass is 9.86. The Labute approximate surface area is 121 Å². The van der Waals surface area contributed by atoms with Crippen LogP contribution < -0.4 is 5.32 Å². The van der Waals surface area contributed by atoms with Crippen LogP contribution in [0.5, 0.6) is 0 Å². The van der Waals surface area contributed by atoms with Gasteiger partial charge in [-0.2, -0.15) is 0 Å². The Hall–Kier alpha value is -0.0800. The second-order valence-electron chi connectivity index (χ2n) is 6.76. The van der Waals surface area contributed by atoms with E-state index in [0.717, 1.165) is 12.0 Å². The summed E-state index contributed by atoms with van der Waals surface area (Å²) in [5.74, 6) is 0.944. The molecule has 0 aromatic heterocycles. The molecule has 1 saturated carbocycles. The van der Waals surface area contributed by atoms with Crippen LogP contribution in [0.15, 0.2) is 0 Å². The van der Waals surface area contributed by atoms with Crippen molar-refractivity contribution in [1.82, 2.24) is 10.2 Å². The molecule has 0 bridgehead atoms. The molecule has 1 aliphatic carbocycles. The van der Waals surface area contributed by atoms with Crippen molar-refractivity contribution in [3.8, 4) is 0 Å². The third kappa shape index (κ3) is 7.31. The van der Waals surface area contributed by atoms with Crippen LogP contribution in [-0.4, -0.2) is 37.1 Å². The van der Waals surface area contributed by atoms with Gasteiger partial charge in [0.15, 0.2) is 0 Å². The van der Waals surface area contributed by atoms with E-state index in [1.807, 2.05) is 0 Å². The second kappa shape index (κ2) is 9.77. The summed E-state index contributed by atoms with van der Waals surface area (Å²) < 4.78 is 0. The van der Waals surface area contributed by atoms with E-state index in [-0.39, 0.29) is 0 Å². The van der Waals surface area contributed by atoms with E-state index in [0.29, 0.717) is 6.04 Å². The first kappa shape index (κ1) is 17.0. The minimum Gasteiger partial charge on any atom is -0.314 e. The number of unbranched alkanes of at least 4 members (excludes halogenated alkanes) is 1. The molecule has 1 aliphatic rings. The molecule has 0 aromatic rings. The zero-order valence-electron chi connectivity index (χ0n) is 13.8. The Morgan fingerprint density at radius 1 is 1.26 bits per heavy atom. The lowest BCUT2D eigenvalue weighted by molar-refractivity contribution is 0.161. The average Bonchev–Trinajstić information content (AvgIpc) is 2.41. The summed E-state index contributed by atoms with van der Waals surface area (Å²) in [6, 6.07) is 1.55. The molecular weight excluding hydrogens is 232 g/mol. The van der Waals surface area contributed by atoms with Crippen LogP contribution in [0, 0.1) is 5.92 Å². The van der Waals surface area contributed by atoms with Gasteiger partial charge in [-0.15, -0.1) is 0 Å². The Balaban J connectivity index is 2.05. The molecule has 1 N–H and O–H groups in total. The third-order valence-electron chi connectivity index (χ3n) is 4.67. The summed E-state index contributed by atoms with van der Waals surface area (Å²) in [6.45, 7) is 9.43. The van der Waals surface area contributed by atoms with Crippen LogP contribution in [-0.2, 0) is 0 Å². The molecule has 1 rings (SSSR count). The smallest absolute Gasteiger partial charge is 0.00947 e. The molecule has 19 heavy (non-hydrogen) atoms. The van der Waals surface area contributed by atoms with Crippen molar-refractivity contribution in [3.63, 3.8) is 0 Å². The summed E-state index contributed by atoms with van der Waals surface area (Å²) in [5, 5.41) is 3.58. The van der Waals surface area contributed by atoms with Crippen molar-refractivity contribution < 1.29 is 0 Å². The monoisotopic (exact) mass is 268 g/mol. The number of nitrogens with one attached hydrogen (secondary N) is 1. The Morgan fingerprint density at radius 3 is 2.74 bits per heavy atom. The maximum atomic E-state index is 3.58. The van der Waals surface area contributed by atoms with E-state index in [2.05, 4.69) is 38.0 Å². The van der Waals surface area contributed by atoms with Gasteiger partial charge in [0.05, 0.1) is 0 Å². The maximum absolute atomic E-state index is 3.58. The normalized spacial score (nSPS) is 25.7. The van der Waals surface area contributed by atoms with Gasteiger partial charge in [0.25, 0.3) is 0 Å². The molecular formula is C17H36N2. The SMILES string of the molecule is CCCNC(C)CCCCN(C)C1CCCC(C)C1. The molecule has 2 heteroatoms. The van der Waals surface area contributed by atoms with Crippen molar-refractivity contribution in [2.75, 3.05) is 20.1 Å². The number of rotatable bonds is 9. The summed E-state index contributed by atoms with van der Waals surface area (Å²) in [7, 11) is 2.33. The van der Waals surface area contributed by atoms with Gasteiger partial charge in [-0.3, -0.25) is 0 Å². The van der Waals surface area contributed by atoms with Crippen LogP contribution in [0.3, 0.4) is 0 Å². The first-order valence-electron chi connectivity index (χ1n) is 8.57. The van der Waals surface area contributed by atoms with Crippen LogP contribution in [0.4, 0.5) is 0 Å². The van der Waals surface area contributed by atoms with Crippen molar-refractivity contribution in [2.45, 2.75) is 84.2 Å². The van der Waals surface area contributed by atoms with Gasteiger partial charge < -0.3 is 10.2 Å². The van der Waals surface area contributed by atoms with Crippen LogP contribution in [0.2, 0.25) is 0 Å². The molecule has 0 heterocycles. The molecule has 3 unspecified atom stereocenters. The molecule has 0 radical (unpaired) electrons. The fourth-order valence-corrected chi connectivity index (χ4v) is 3.29. The highest BCUT2D eigenvalue weighted by Gasteiger charge is 2.21. The summed E-state index contributed by atoms with van der Waals surface area (Å²) in [5.41, 5.74) is 0. The van der Waals surface area contributed by atoms with E-state index in [9.17, 15) is 0 Å². The van der Waals surface area contributed by atoms with E-state index in [4.69, 9.17) is 0 Å². The molecule has 2 nitrogen and oxygen atoms in total. The summed E-state index contributed by atoms with van der Waals surface area (Å²) in [4.78, 5) is 2.62. The lowest BCUT2D eigenvalue weighted by Crippen LogP contribution is -2.36. The van der Waals surface area contributed by atoms with E-state index in [1.165, 1.54) is 64.5 Å². The quantitative estimate of drug-likeness (QED) is 0.635. The summed E-state index contributed by atoms with van der Waals surface area (Å²) in [6.07, 6.45) is 11.0.